The molecule has 7 heteroatoms. The number of amides is 1. The molecule has 0 bridgehead atoms. The van der Waals surface area contributed by atoms with E-state index in [1.807, 2.05) is 18.7 Å². The summed E-state index contributed by atoms with van der Waals surface area (Å²) in [6.07, 6.45) is 0. The number of hydrogen-bond acceptors (Lipinski definition) is 5. The monoisotopic (exact) mass is 298 g/mol. The van der Waals surface area contributed by atoms with Crippen LogP contribution in [0.15, 0.2) is 12.1 Å². The van der Waals surface area contributed by atoms with Crippen LogP contribution in [0.2, 0.25) is 5.15 Å². The van der Waals surface area contributed by atoms with Crippen LogP contribution >= 0.6 is 11.6 Å². The molecule has 0 spiro atoms. The zero-order valence-corrected chi connectivity index (χ0v) is 12.4. The van der Waals surface area contributed by atoms with Crippen molar-refractivity contribution in [3.8, 4) is 0 Å². The Balaban J connectivity index is 2.24. The van der Waals surface area contributed by atoms with E-state index in [4.69, 9.17) is 22.1 Å². The van der Waals surface area contributed by atoms with Gasteiger partial charge in [-0.15, -0.1) is 0 Å². The number of aromatic nitrogens is 1. The molecular weight excluding hydrogens is 280 g/mol. The Morgan fingerprint density at radius 2 is 2.35 bits per heavy atom. The first-order valence-corrected chi connectivity index (χ1v) is 6.93. The number of morpholine rings is 1. The van der Waals surface area contributed by atoms with Crippen molar-refractivity contribution < 1.29 is 9.53 Å². The second-order valence-electron chi connectivity index (χ2n) is 5.03. The average molecular weight is 299 g/mol. The van der Waals surface area contributed by atoms with E-state index < -0.39 is 6.04 Å². The molecule has 1 aliphatic heterocycles. The van der Waals surface area contributed by atoms with Gasteiger partial charge in [0.05, 0.1) is 13.2 Å². The van der Waals surface area contributed by atoms with Crippen LogP contribution in [0.25, 0.3) is 0 Å². The van der Waals surface area contributed by atoms with Gasteiger partial charge in [-0.1, -0.05) is 11.6 Å². The molecule has 2 heterocycles. The molecule has 0 aliphatic carbocycles. The molecule has 1 aromatic rings. The Morgan fingerprint density at radius 3 is 3.00 bits per heavy atom. The molecule has 20 heavy (non-hydrogen) atoms. The molecule has 1 aromatic heterocycles. The Hall–Kier alpha value is -1.53. The number of carbonyl (C=O) groups excluding carboxylic acids is 1. The largest absolute Gasteiger partial charge is 0.399 e. The summed E-state index contributed by atoms with van der Waals surface area (Å²) in [6, 6.07) is 2.95. The summed E-state index contributed by atoms with van der Waals surface area (Å²) in [6.45, 7) is 5.28. The van der Waals surface area contributed by atoms with Crippen LogP contribution in [0.4, 0.5) is 11.5 Å². The van der Waals surface area contributed by atoms with Gasteiger partial charge in [-0.05, 0) is 19.9 Å². The van der Waals surface area contributed by atoms with Crippen LogP contribution in [0.5, 0.6) is 0 Å². The van der Waals surface area contributed by atoms with Crippen LogP contribution < -0.4 is 16.0 Å². The number of carbonyl (C=O) groups is 1. The number of hydrogen-bond donors (Lipinski definition) is 2. The van der Waals surface area contributed by atoms with Crippen LogP contribution in [0.1, 0.15) is 13.8 Å². The van der Waals surface area contributed by atoms with E-state index >= 15 is 0 Å². The molecule has 3 N–H and O–H groups in total. The molecule has 0 saturated carbocycles. The minimum Gasteiger partial charge on any atom is -0.399 e. The number of nitrogens with zero attached hydrogens (tertiary/aromatic N) is 2. The highest BCUT2D eigenvalue weighted by Crippen LogP contribution is 2.23. The topological polar surface area (TPSA) is 80.5 Å². The maximum Gasteiger partial charge on any atom is 0.245 e. The summed E-state index contributed by atoms with van der Waals surface area (Å²) < 4.78 is 5.40. The first kappa shape index (κ1) is 14.9. The molecule has 0 radical (unpaired) electrons. The average Bonchev–Trinajstić information content (AvgIpc) is 2.36. The second-order valence-corrected chi connectivity index (χ2v) is 5.42. The Bertz CT molecular complexity index is 475. The Labute approximate surface area is 123 Å². The number of nitrogens with two attached hydrogens (primary N) is 1. The van der Waals surface area contributed by atoms with Gasteiger partial charge in [0.15, 0.2) is 0 Å². The van der Waals surface area contributed by atoms with Gasteiger partial charge in [0.2, 0.25) is 5.91 Å². The van der Waals surface area contributed by atoms with Gasteiger partial charge in [0, 0.05) is 24.3 Å². The minimum atomic E-state index is -0.420. The van der Waals surface area contributed by atoms with Gasteiger partial charge in [-0.3, -0.25) is 4.79 Å². The van der Waals surface area contributed by atoms with Crippen molar-refractivity contribution in [2.75, 3.05) is 30.4 Å². The second kappa shape index (κ2) is 6.28. The molecule has 1 unspecified atom stereocenters. The minimum absolute atomic E-state index is 0.0728. The SMILES string of the molecule is CC(C)NC(=O)C1COCCN1c1cc(N)cc(Cl)n1. The highest BCUT2D eigenvalue weighted by Gasteiger charge is 2.30. The van der Waals surface area contributed by atoms with Gasteiger partial charge in [0.1, 0.15) is 17.0 Å². The van der Waals surface area contributed by atoms with E-state index in [0.29, 0.717) is 36.4 Å². The Kier molecular flexibility index (Phi) is 4.67. The fourth-order valence-corrected chi connectivity index (χ4v) is 2.34. The molecule has 1 aliphatic rings. The maximum atomic E-state index is 12.2. The zero-order valence-electron chi connectivity index (χ0n) is 11.6. The molecule has 6 nitrogen and oxygen atoms in total. The van der Waals surface area contributed by atoms with Crippen molar-refractivity contribution in [1.29, 1.82) is 0 Å². The van der Waals surface area contributed by atoms with E-state index in [0.717, 1.165) is 0 Å². The normalized spacial score (nSPS) is 19.2. The lowest BCUT2D eigenvalue weighted by Gasteiger charge is -2.35. The third-order valence-electron chi connectivity index (χ3n) is 2.96. The van der Waals surface area contributed by atoms with Gasteiger partial charge in [0.25, 0.3) is 0 Å². The number of rotatable bonds is 3. The summed E-state index contributed by atoms with van der Waals surface area (Å²) in [5.41, 5.74) is 6.31. The van der Waals surface area contributed by atoms with Crippen molar-refractivity contribution in [1.82, 2.24) is 10.3 Å². The predicted molar refractivity (Wildman–Crippen MR) is 78.9 cm³/mol. The number of nitrogens with one attached hydrogen (secondary N) is 1. The summed E-state index contributed by atoms with van der Waals surface area (Å²) in [5.74, 6) is 0.516. The van der Waals surface area contributed by atoms with Crippen LogP contribution in [0.3, 0.4) is 0 Å². The predicted octanol–water partition coefficient (Wildman–Crippen LogP) is 1.05. The van der Waals surface area contributed by atoms with E-state index in [1.54, 1.807) is 12.1 Å². The molecule has 0 aromatic carbocycles. The number of nitrogen functional groups attached to an aromatic ring is 1. The summed E-state index contributed by atoms with van der Waals surface area (Å²) in [4.78, 5) is 18.4. The Morgan fingerprint density at radius 1 is 1.60 bits per heavy atom. The standard InChI is InChI=1S/C13H19ClN4O2/c1-8(2)16-13(19)10-7-20-4-3-18(10)12-6-9(15)5-11(14)17-12/h5-6,8,10H,3-4,7H2,1-2H3,(H2,15,17)(H,16,19). The van der Waals surface area contributed by atoms with Gasteiger partial charge in [-0.25, -0.2) is 4.98 Å². The van der Waals surface area contributed by atoms with Crippen molar-refractivity contribution in [3.63, 3.8) is 0 Å². The first-order chi connectivity index (χ1) is 9.47. The van der Waals surface area contributed by atoms with Crippen molar-refractivity contribution >= 4 is 29.0 Å². The lowest BCUT2D eigenvalue weighted by Crippen LogP contribution is -2.55. The van der Waals surface area contributed by atoms with E-state index in [1.165, 1.54) is 0 Å². The molecular formula is C13H19ClN4O2. The number of ether oxygens (including phenoxy) is 1. The highest BCUT2D eigenvalue weighted by atomic mass is 35.5. The number of pyridine rings is 1. The third-order valence-corrected chi connectivity index (χ3v) is 3.15. The van der Waals surface area contributed by atoms with Gasteiger partial charge in [-0.2, -0.15) is 0 Å². The highest BCUT2D eigenvalue weighted by molar-refractivity contribution is 6.29. The molecule has 2 rings (SSSR count). The summed E-state index contributed by atoms with van der Waals surface area (Å²) in [5, 5.41) is 3.20. The number of anilines is 2. The van der Waals surface area contributed by atoms with E-state index in [9.17, 15) is 4.79 Å². The van der Waals surface area contributed by atoms with Crippen LogP contribution in [0, 0.1) is 0 Å². The fraction of sp³-hybridized carbons (Fsp3) is 0.538. The van der Waals surface area contributed by atoms with Crippen molar-refractivity contribution in [2.45, 2.75) is 25.9 Å². The molecule has 1 amide bonds. The third kappa shape index (κ3) is 3.52. The molecule has 1 saturated heterocycles. The molecule has 1 atom stereocenters. The fourth-order valence-electron chi connectivity index (χ4n) is 2.13. The van der Waals surface area contributed by atoms with Crippen LogP contribution in [-0.4, -0.2) is 42.7 Å². The van der Waals surface area contributed by atoms with Crippen molar-refractivity contribution in [2.24, 2.45) is 0 Å². The van der Waals surface area contributed by atoms with Crippen LogP contribution in [-0.2, 0) is 9.53 Å². The zero-order chi connectivity index (χ0) is 14.7. The summed E-state index contributed by atoms with van der Waals surface area (Å²) >= 11 is 5.93. The summed E-state index contributed by atoms with van der Waals surface area (Å²) in [7, 11) is 0. The lowest BCUT2D eigenvalue weighted by molar-refractivity contribution is -0.125. The quantitative estimate of drug-likeness (QED) is 0.815. The van der Waals surface area contributed by atoms with E-state index in [-0.39, 0.29) is 11.9 Å². The van der Waals surface area contributed by atoms with Gasteiger partial charge < -0.3 is 20.7 Å². The molecule has 110 valence electrons. The van der Waals surface area contributed by atoms with Gasteiger partial charge >= 0.3 is 0 Å². The lowest BCUT2D eigenvalue weighted by atomic mass is 10.2. The first-order valence-electron chi connectivity index (χ1n) is 6.55. The van der Waals surface area contributed by atoms with Crippen molar-refractivity contribution in [3.05, 3.63) is 17.3 Å². The number of halogens is 1. The van der Waals surface area contributed by atoms with E-state index in [2.05, 4.69) is 10.3 Å². The smallest absolute Gasteiger partial charge is 0.245 e. The molecule has 1 fully saturated rings. The maximum absolute atomic E-state index is 12.2.